The van der Waals surface area contributed by atoms with Crippen LogP contribution in [-0.2, 0) is 17.6 Å². The van der Waals surface area contributed by atoms with Gasteiger partial charge in [0.15, 0.2) is 0 Å². The zero-order chi connectivity index (χ0) is 16.3. The molecule has 1 heterocycles. The third-order valence-corrected chi connectivity index (χ3v) is 4.34. The normalized spacial score (nSPS) is 17.5. The van der Waals surface area contributed by atoms with Crippen LogP contribution >= 0.6 is 0 Å². The van der Waals surface area contributed by atoms with Gasteiger partial charge in [-0.05, 0) is 50.3 Å². The Kier molecular flexibility index (Phi) is 5.56. The van der Waals surface area contributed by atoms with E-state index in [1.165, 1.54) is 11.1 Å². The van der Waals surface area contributed by atoms with Gasteiger partial charge < -0.3 is 15.1 Å². The second kappa shape index (κ2) is 7.22. The summed E-state index contributed by atoms with van der Waals surface area (Å²) in [4.78, 5) is 15.2. The van der Waals surface area contributed by atoms with E-state index in [4.69, 9.17) is 0 Å². The van der Waals surface area contributed by atoms with E-state index in [9.17, 15) is 15.0 Å². The van der Waals surface area contributed by atoms with Crippen molar-refractivity contribution in [2.24, 2.45) is 0 Å². The van der Waals surface area contributed by atoms with Crippen LogP contribution in [0.1, 0.15) is 37.8 Å². The number of hydrogen-bond donors (Lipinski definition) is 2. The second-order valence-corrected chi connectivity index (χ2v) is 6.02. The first-order chi connectivity index (χ1) is 10.4. The molecule has 2 rings (SSSR count). The SMILES string of the molecule is CC(O)N(CCCc1ccc2c(c1)N(C)C(=O)CC2)C(C)O. The molecule has 5 nitrogen and oxygen atoms in total. The minimum atomic E-state index is -0.660. The van der Waals surface area contributed by atoms with Crippen molar-refractivity contribution in [3.05, 3.63) is 29.3 Å². The Morgan fingerprint density at radius 2 is 1.91 bits per heavy atom. The Morgan fingerprint density at radius 1 is 1.23 bits per heavy atom. The highest BCUT2D eigenvalue weighted by atomic mass is 16.3. The molecule has 1 aromatic carbocycles. The van der Waals surface area contributed by atoms with Crippen molar-refractivity contribution in [3.63, 3.8) is 0 Å². The van der Waals surface area contributed by atoms with Crippen LogP contribution in [0.25, 0.3) is 0 Å². The lowest BCUT2D eigenvalue weighted by molar-refractivity contribution is -0.118. The highest BCUT2D eigenvalue weighted by Crippen LogP contribution is 2.28. The molecular formula is C17H26N2O3. The van der Waals surface area contributed by atoms with E-state index in [1.807, 2.05) is 7.05 Å². The summed E-state index contributed by atoms with van der Waals surface area (Å²) in [6.45, 7) is 3.94. The summed E-state index contributed by atoms with van der Waals surface area (Å²) >= 11 is 0. The molecule has 0 saturated carbocycles. The van der Waals surface area contributed by atoms with Crippen LogP contribution in [0, 0.1) is 0 Å². The predicted octanol–water partition coefficient (Wildman–Crippen LogP) is 1.51. The number of benzene rings is 1. The van der Waals surface area contributed by atoms with E-state index in [-0.39, 0.29) is 5.91 Å². The zero-order valence-corrected chi connectivity index (χ0v) is 13.6. The van der Waals surface area contributed by atoms with Crippen molar-refractivity contribution in [3.8, 4) is 0 Å². The minimum Gasteiger partial charge on any atom is -0.379 e. The van der Waals surface area contributed by atoms with Gasteiger partial charge in [0.25, 0.3) is 0 Å². The predicted molar refractivity (Wildman–Crippen MR) is 86.6 cm³/mol. The van der Waals surface area contributed by atoms with E-state index in [2.05, 4.69) is 18.2 Å². The van der Waals surface area contributed by atoms with Crippen LogP contribution in [0.5, 0.6) is 0 Å². The molecule has 2 unspecified atom stereocenters. The number of aryl methyl sites for hydroxylation is 2. The third-order valence-electron chi connectivity index (χ3n) is 4.34. The van der Waals surface area contributed by atoms with E-state index < -0.39 is 12.5 Å². The largest absolute Gasteiger partial charge is 0.379 e. The highest BCUT2D eigenvalue weighted by molar-refractivity contribution is 5.95. The van der Waals surface area contributed by atoms with Crippen molar-refractivity contribution in [2.75, 3.05) is 18.5 Å². The zero-order valence-electron chi connectivity index (χ0n) is 13.6. The Bertz CT molecular complexity index is 521. The first kappa shape index (κ1) is 16.9. The average Bonchev–Trinajstić information content (AvgIpc) is 2.47. The lowest BCUT2D eigenvalue weighted by atomic mass is 9.98. The average molecular weight is 306 g/mol. The van der Waals surface area contributed by atoms with E-state index in [0.29, 0.717) is 13.0 Å². The van der Waals surface area contributed by atoms with Gasteiger partial charge in [0.05, 0.1) is 0 Å². The molecule has 5 heteroatoms. The summed E-state index contributed by atoms with van der Waals surface area (Å²) in [5.41, 5.74) is 3.41. The summed E-state index contributed by atoms with van der Waals surface area (Å²) in [5, 5.41) is 19.2. The summed E-state index contributed by atoms with van der Waals surface area (Å²) in [6, 6.07) is 6.30. The van der Waals surface area contributed by atoms with Crippen molar-refractivity contribution in [1.29, 1.82) is 0 Å². The van der Waals surface area contributed by atoms with Gasteiger partial charge in [0.2, 0.25) is 5.91 Å². The molecule has 0 spiro atoms. The van der Waals surface area contributed by atoms with Gasteiger partial charge in [-0.1, -0.05) is 12.1 Å². The molecule has 1 aromatic rings. The topological polar surface area (TPSA) is 64.0 Å². The Balaban J connectivity index is 1.98. The molecule has 2 atom stereocenters. The number of amides is 1. The number of aliphatic hydroxyl groups excluding tert-OH is 2. The van der Waals surface area contributed by atoms with Gasteiger partial charge >= 0.3 is 0 Å². The Labute approximate surface area is 132 Å². The molecule has 0 radical (unpaired) electrons. The Morgan fingerprint density at radius 3 is 2.55 bits per heavy atom. The van der Waals surface area contributed by atoms with Crippen LogP contribution < -0.4 is 4.90 Å². The first-order valence-corrected chi connectivity index (χ1v) is 7.90. The van der Waals surface area contributed by atoms with Gasteiger partial charge in [0, 0.05) is 25.7 Å². The van der Waals surface area contributed by atoms with Gasteiger partial charge in [0.1, 0.15) is 12.5 Å². The molecule has 22 heavy (non-hydrogen) atoms. The molecule has 0 saturated heterocycles. The first-order valence-electron chi connectivity index (χ1n) is 7.90. The van der Waals surface area contributed by atoms with Crippen molar-refractivity contribution in [2.45, 2.75) is 52.0 Å². The quantitative estimate of drug-likeness (QED) is 0.782. The fourth-order valence-electron chi connectivity index (χ4n) is 2.98. The van der Waals surface area contributed by atoms with E-state index >= 15 is 0 Å². The van der Waals surface area contributed by atoms with Gasteiger partial charge in [-0.15, -0.1) is 0 Å². The molecule has 122 valence electrons. The van der Waals surface area contributed by atoms with Crippen LogP contribution in [0.3, 0.4) is 0 Å². The molecule has 0 fully saturated rings. The smallest absolute Gasteiger partial charge is 0.227 e. The third kappa shape index (κ3) is 3.85. The van der Waals surface area contributed by atoms with Gasteiger partial charge in [-0.2, -0.15) is 0 Å². The number of rotatable bonds is 6. The van der Waals surface area contributed by atoms with Crippen LogP contribution in [-0.4, -0.2) is 47.1 Å². The number of hydrogen-bond acceptors (Lipinski definition) is 4. The number of carbonyl (C=O) groups is 1. The molecule has 1 aliphatic rings. The summed E-state index contributed by atoms with van der Waals surface area (Å²) < 4.78 is 0. The molecule has 0 aliphatic carbocycles. The molecule has 1 amide bonds. The number of carbonyl (C=O) groups excluding carboxylic acids is 1. The summed E-state index contributed by atoms with van der Waals surface area (Å²) in [6.07, 6.45) is 1.77. The van der Waals surface area contributed by atoms with Crippen LogP contribution in [0.2, 0.25) is 0 Å². The van der Waals surface area contributed by atoms with Crippen molar-refractivity contribution in [1.82, 2.24) is 4.90 Å². The highest BCUT2D eigenvalue weighted by Gasteiger charge is 2.21. The standard InChI is InChI=1S/C17H26N2O3/c1-12(20)19(13(2)21)10-4-5-14-6-7-15-8-9-17(22)18(3)16(15)11-14/h6-7,11-13,20-21H,4-5,8-10H2,1-3H3. The number of anilines is 1. The second-order valence-electron chi connectivity index (χ2n) is 6.02. The molecule has 1 aliphatic heterocycles. The monoisotopic (exact) mass is 306 g/mol. The molecular weight excluding hydrogens is 280 g/mol. The number of nitrogens with zero attached hydrogens (tertiary/aromatic N) is 2. The van der Waals surface area contributed by atoms with E-state index in [1.54, 1.807) is 23.6 Å². The fourth-order valence-corrected chi connectivity index (χ4v) is 2.98. The van der Waals surface area contributed by atoms with Crippen molar-refractivity contribution < 1.29 is 15.0 Å². The fraction of sp³-hybridized carbons (Fsp3) is 0.588. The summed E-state index contributed by atoms with van der Waals surface area (Å²) in [5.74, 6) is 0.166. The van der Waals surface area contributed by atoms with Crippen LogP contribution in [0.15, 0.2) is 18.2 Å². The van der Waals surface area contributed by atoms with E-state index in [0.717, 1.165) is 24.9 Å². The Hall–Kier alpha value is -1.43. The number of fused-ring (bicyclic) bond motifs is 1. The maximum absolute atomic E-state index is 11.8. The van der Waals surface area contributed by atoms with Gasteiger partial charge in [-0.3, -0.25) is 9.69 Å². The maximum Gasteiger partial charge on any atom is 0.227 e. The van der Waals surface area contributed by atoms with Gasteiger partial charge in [-0.25, -0.2) is 0 Å². The van der Waals surface area contributed by atoms with Crippen molar-refractivity contribution >= 4 is 11.6 Å². The minimum absolute atomic E-state index is 0.166. The lowest BCUT2D eigenvalue weighted by Gasteiger charge is -2.28. The molecule has 2 N–H and O–H groups in total. The van der Waals surface area contributed by atoms with Crippen LogP contribution in [0.4, 0.5) is 5.69 Å². The summed E-state index contributed by atoms with van der Waals surface area (Å²) in [7, 11) is 1.83. The lowest BCUT2D eigenvalue weighted by Crippen LogP contribution is -2.40. The maximum atomic E-state index is 11.8. The number of aliphatic hydroxyl groups is 2. The molecule has 0 bridgehead atoms. The molecule has 0 aromatic heterocycles.